The molecule has 0 heterocycles. The molecule has 2 amide bonds. The average Bonchev–Trinajstić information content (AvgIpc) is 2.81. The van der Waals surface area contributed by atoms with Gasteiger partial charge in [0.2, 0.25) is 5.91 Å². The van der Waals surface area contributed by atoms with Crippen molar-refractivity contribution in [3.63, 3.8) is 0 Å². The summed E-state index contributed by atoms with van der Waals surface area (Å²) in [5.74, 6) is -0.0898. The van der Waals surface area contributed by atoms with Crippen LogP contribution < -0.4 is 10.1 Å². The first-order chi connectivity index (χ1) is 16.4. The standard InChI is InChI=1S/C27H28BrClN2O3/c1-3-30-27(33)24(15-20-9-5-4-6-10-20)31(17-21-11-7-8-19(2)14-21)26(32)18-34-25-13-12-22(28)16-23(25)29/h4-14,16,24H,3,15,17-18H2,1-2H3,(H,30,33)/t24-/m1/s1. The molecule has 0 aliphatic rings. The summed E-state index contributed by atoms with van der Waals surface area (Å²) in [5.41, 5.74) is 3.00. The lowest BCUT2D eigenvalue weighted by Crippen LogP contribution is -2.51. The molecule has 1 atom stereocenters. The zero-order chi connectivity index (χ0) is 24.5. The number of likely N-dealkylation sites (N-methyl/N-ethyl adjacent to an activating group) is 1. The van der Waals surface area contributed by atoms with E-state index in [2.05, 4.69) is 21.2 Å². The summed E-state index contributed by atoms with van der Waals surface area (Å²) in [5, 5.41) is 3.29. The molecule has 5 nitrogen and oxygen atoms in total. The minimum Gasteiger partial charge on any atom is -0.482 e. The van der Waals surface area contributed by atoms with Gasteiger partial charge in [0.15, 0.2) is 6.61 Å². The number of hydrogen-bond donors (Lipinski definition) is 1. The quantitative estimate of drug-likeness (QED) is 0.364. The van der Waals surface area contributed by atoms with Crippen LogP contribution in [-0.2, 0) is 22.6 Å². The molecular formula is C27H28BrClN2O3. The highest BCUT2D eigenvalue weighted by Crippen LogP contribution is 2.28. The molecule has 3 aromatic rings. The fourth-order valence-corrected chi connectivity index (χ4v) is 4.40. The largest absolute Gasteiger partial charge is 0.482 e. The molecule has 0 bridgehead atoms. The van der Waals surface area contributed by atoms with Crippen LogP contribution >= 0.6 is 27.5 Å². The van der Waals surface area contributed by atoms with Crippen LogP contribution in [-0.4, -0.2) is 35.9 Å². The lowest BCUT2D eigenvalue weighted by molar-refractivity contribution is -0.142. The second-order valence-electron chi connectivity index (χ2n) is 7.97. The van der Waals surface area contributed by atoms with Gasteiger partial charge in [-0.3, -0.25) is 9.59 Å². The van der Waals surface area contributed by atoms with Crippen molar-refractivity contribution in [1.29, 1.82) is 0 Å². The number of halogens is 2. The number of ether oxygens (including phenoxy) is 1. The topological polar surface area (TPSA) is 58.6 Å². The van der Waals surface area contributed by atoms with Gasteiger partial charge in [0.05, 0.1) is 5.02 Å². The fraction of sp³-hybridized carbons (Fsp3) is 0.259. The van der Waals surface area contributed by atoms with Crippen LogP contribution in [0.25, 0.3) is 0 Å². The summed E-state index contributed by atoms with van der Waals surface area (Å²) in [6.07, 6.45) is 0.392. The number of benzene rings is 3. The van der Waals surface area contributed by atoms with E-state index in [0.29, 0.717) is 23.7 Å². The van der Waals surface area contributed by atoms with Gasteiger partial charge >= 0.3 is 0 Å². The fourth-order valence-electron chi connectivity index (χ4n) is 3.67. The summed E-state index contributed by atoms with van der Waals surface area (Å²) < 4.78 is 6.58. The smallest absolute Gasteiger partial charge is 0.261 e. The summed E-state index contributed by atoms with van der Waals surface area (Å²) in [7, 11) is 0. The number of carbonyl (C=O) groups is 2. The van der Waals surface area contributed by atoms with Gasteiger partial charge in [-0.05, 0) is 43.2 Å². The van der Waals surface area contributed by atoms with E-state index in [4.69, 9.17) is 16.3 Å². The highest BCUT2D eigenvalue weighted by molar-refractivity contribution is 9.10. The van der Waals surface area contributed by atoms with Crippen LogP contribution in [0.15, 0.2) is 77.3 Å². The van der Waals surface area contributed by atoms with Gasteiger partial charge in [0.1, 0.15) is 11.8 Å². The van der Waals surface area contributed by atoms with Crippen LogP contribution in [0, 0.1) is 6.92 Å². The maximum Gasteiger partial charge on any atom is 0.261 e. The lowest BCUT2D eigenvalue weighted by atomic mass is 10.0. The lowest BCUT2D eigenvalue weighted by Gasteiger charge is -2.31. The van der Waals surface area contributed by atoms with Crippen molar-refractivity contribution in [2.45, 2.75) is 32.9 Å². The molecule has 0 aliphatic carbocycles. The Labute approximate surface area is 214 Å². The summed E-state index contributed by atoms with van der Waals surface area (Å²) in [6.45, 7) is 4.38. The number of rotatable bonds is 10. The van der Waals surface area contributed by atoms with Gasteiger partial charge in [0, 0.05) is 24.0 Å². The number of nitrogens with zero attached hydrogens (tertiary/aromatic N) is 1. The first-order valence-corrected chi connectivity index (χ1v) is 12.3. The molecule has 34 heavy (non-hydrogen) atoms. The zero-order valence-corrected chi connectivity index (χ0v) is 21.6. The molecule has 0 spiro atoms. The molecular weight excluding hydrogens is 516 g/mol. The molecule has 7 heteroatoms. The Hall–Kier alpha value is -2.83. The first-order valence-electron chi connectivity index (χ1n) is 11.1. The highest BCUT2D eigenvalue weighted by atomic mass is 79.9. The van der Waals surface area contributed by atoms with Crippen molar-refractivity contribution in [1.82, 2.24) is 10.2 Å². The Kier molecular flexibility index (Phi) is 9.54. The normalized spacial score (nSPS) is 11.5. The van der Waals surface area contributed by atoms with Gasteiger partial charge in [-0.25, -0.2) is 0 Å². The molecule has 0 radical (unpaired) electrons. The van der Waals surface area contributed by atoms with E-state index < -0.39 is 6.04 Å². The minimum absolute atomic E-state index is 0.200. The van der Waals surface area contributed by atoms with Gasteiger partial charge in [-0.2, -0.15) is 0 Å². The predicted molar refractivity (Wildman–Crippen MR) is 139 cm³/mol. The van der Waals surface area contributed by atoms with E-state index in [-0.39, 0.29) is 25.0 Å². The zero-order valence-electron chi connectivity index (χ0n) is 19.3. The Balaban J connectivity index is 1.90. The number of hydrogen-bond acceptors (Lipinski definition) is 3. The molecule has 3 aromatic carbocycles. The van der Waals surface area contributed by atoms with Gasteiger partial charge in [-0.1, -0.05) is 87.7 Å². The Morgan fingerprint density at radius 1 is 1.03 bits per heavy atom. The van der Waals surface area contributed by atoms with E-state index in [1.165, 1.54) is 0 Å². The minimum atomic E-state index is -0.695. The van der Waals surface area contributed by atoms with E-state index in [9.17, 15) is 9.59 Å². The predicted octanol–water partition coefficient (Wildman–Crippen LogP) is 5.57. The average molecular weight is 544 g/mol. The van der Waals surface area contributed by atoms with E-state index in [0.717, 1.165) is 21.2 Å². The van der Waals surface area contributed by atoms with Crippen LogP contribution in [0.4, 0.5) is 0 Å². The van der Waals surface area contributed by atoms with Gasteiger partial charge < -0.3 is 15.0 Å². The second kappa shape index (κ2) is 12.6. The van der Waals surface area contributed by atoms with Crippen LogP contribution in [0.3, 0.4) is 0 Å². The molecule has 1 N–H and O–H groups in total. The molecule has 3 rings (SSSR count). The van der Waals surface area contributed by atoms with Crippen molar-refractivity contribution in [2.24, 2.45) is 0 Å². The molecule has 0 saturated heterocycles. The number of nitrogens with one attached hydrogen (secondary N) is 1. The molecule has 178 valence electrons. The van der Waals surface area contributed by atoms with Crippen molar-refractivity contribution >= 4 is 39.3 Å². The number of carbonyl (C=O) groups excluding carboxylic acids is 2. The SMILES string of the molecule is CCNC(=O)[C@@H](Cc1ccccc1)N(Cc1cccc(C)c1)C(=O)COc1ccc(Br)cc1Cl. The van der Waals surface area contributed by atoms with E-state index in [1.807, 2.05) is 68.4 Å². The van der Waals surface area contributed by atoms with Crippen LogP contribution in [0.5, 0.6) is 5.75 Å². The Bertz CT molecular complexity index is 1120. The second-order valence-corrected chi connectivity index (χ2v) is 9.30. The van der Waals surface area contributed by atoms with Crippen molar-refractivity contribution in [2.75, 3.05) is 13.2 Å². The van der Waals surface area contributed by atoms with Gasteiger partial charge in [-0.15, -0.1) is 0 Å². The van der Waals surface area contributed by atoms with Crippen molar-refractivity contribution in [3.8, 4) is 5.75 Å². The first kappa shape index (κ1) is 25.8. The third-order valence-electron chi connectivity index (χ3n) is 5.30. The number of aryl methyl sites for hydroxylation is 1. The van der Waals surface area contributed by atoms with E-state index in [1.54, 1.807) is 23.1 Å². The highest BCUT2D eigenvalue weighted by Gasteiger charge is 2.30. The third-order valence-corrected chi connectivity index (χ3v) is 6.09. The van der Waals surface area contributed by atoms with Gasteiger partial charge in [0.25, 0.3) is 5.91 Å². The van der Waals surface area contributed by atoms with Crippen LogP contribution in [0.2, 0.25) is 5.02 Å². The molecule has 0 aromatic heterocycles. The maximum atomic E-state index is 13.5. The van der Waals surface area contributed by atoms with Crippen molar-refractivity contribution in [3.05, 3.63) is 99.0 Å². The molecule has 0 fully saturated rings. The molecule has 0 saturated carbocycles. The Morgan fingerprint density at radius 3 is 2.44 bits per heavy atom. The molecule has 0 aliphatic heterocycles. The summed E-state index contributed by atoms with van der Waals surface area (Å²) in [4.78, 5) is 28.2. The third kappa shape index (κ3) is 7.34. The van der Waals surface area contributed by atoms with E-state index >= 15 is 0 Å². The maximum absolute atomic E-state index is 13.5. The summed E-state index contributed by atoms with van der Waals surface area (Å²) in [6, 6.07) is 22.1. The molecule has 0 unspecified atom stereocenters. The summed E-state index contributed by atoms with van der Waals surface area (Å²) >= 11 is 9.62. The van der Waals surface area contributed by atoms with Crippen LogP contribution in [0.1, 0.15) is 23.6 Å². The monoisotopic (exact) mass is 542 g/mol. The number of amides is 2. The van der Waals surface area contributed by atoms with Crippen molar-refractivity contribution < 1.29 is 14.3 Å². The Morgan fingerprint density at radius 2 is 1.76 bits per heavy atom.